The van der Waals surface area contributed by atoms with Crippen LogP contribution in [-0.2, 0) is 6.42 Å². The van der Waals surface area contributed by atoms with Gasteiger partial charge in [-0.05, 0) is 35.7 Å². The fraction of sp³-hybridized carbons (Fsp3) is 0.231. The van der Waals surface area contributed by atoms with Crippen molar-refractivity contribution in [3.05, 3.63) is 47.4 Å². The molecule has 1 aromatic heterocycles. The molecule has 0 saturated heterocycles. The van der Waals surface area contributed by atoms with Crippen LogP contribution in [0.5, 0.6) is 0 Å². The standard InChI is InChI=1S/C13H14ClN3/c1-2-5-10-6-3-4-7-11(10)16-12-8-9-15-13(14)17-12/h3-4,6-9H,2,5H2,1H3,(H,15,16,17). The fourth-order valence-corrected chi connectivity index (χ4v) is 1.82. The summed E-state index contributed by atoms with van der Waals surface area (Å²) in [5.41, 5.74) is 2.36. The van der Waals surface area contributed by atoms with E-state index in [0.29, 0.717) is 5.82 Å². The fourth-order valence-electron chi connectivity index (χ4n) is 1.67. The maximum absolute atomic E-state index is 5.75. The minimum Gasteiger partial charge on any atom is -0.340 e. The van der Waals surface area contributed by atoms with E-state index in [2.05, 4.69) is 28.3 Å². The van der Waals surface area contributed by atoms with Crippen LogP contribution >= 0.6 is 11.6 Å². The summed E-state index contributed by atoms with van der Waals surface area (Å²) in [6.45, 7) is 2.17. The Morgan fingerprint density at radius 1 is 1.24 bits per heavy atom. The first-order valence-corrected chi connectivity index (χ1v) is 6.01. The molecule has 0 saturated carbocycles. The molecule has 0 aliphatic rings. The van der Waals surface area contributed by atoms with Crippen molar-refractivity contribution in [3.63, 3.8) is 0 Å². The molecule has 17 heavy (non-hydrogen) atoms. The van der Waals surface area contributed by atoms with E-state index in [4.69, 9.17) is 11.6 Å². The summed E-state index contributed by atoms with van der Waals surface area (Å²) >= 11 is 5.75. The number of aromatic nitrogens is 2. The van der Waals surface area contributed by atoms with Crippen molar-refractivity contribution >= 4 is 23.1 Å². The van der Waals surface area contributed by atoms with Crippen molar-refractivity contribution in [2.24, 2.45) is 0 Å². The molecule has 0 atom stereocenters. The Bertz CT molecular complexity index is 500. The molecule has 0 bridgehead atoms. The predicted octanol–water partition coefficient (Wildman–Crippen LogP) is 3.83. The highest BCUT2D eigenvalue weighted by atomic mass is 35.5. The molecule has 1 aromatic carbocycles. The molecule has 0 fully saturated rings. The minimum absolute atomic E-state index is 0.253. The Balaban J connectivity index is 2.23. The van der Waals surface area contributed by atoms with Gasteiger partial charge >= 0.3 is 0 Å². The Kier molecular flexibility index (Phi) is 3.94. The van der Waals surface area contributed by atoms with E-state index in [1.54, 1.807) is 12.3 Å². The van der Waals surface area contributed by atoms with Gasteiger partial charge in [-0.1, -0.05) is 31.5 Å². The number of nitrogens with one attached hydrogen (secondary N) is 1. The summed E-state index contributed by atoms with van der Waals surface area (Å²) in [4.78, 5) is 7.97. The van der Waals surface area contributed by atoms with Crippen LogP contribution in [0.4, 0.5) is 11.5 Å². The number of hydrogen-bond acceptors (Lipinski definition) is 3. The minimum atomic E-state index is 0.253. The van der Waals surface area contributed by atoms with Gasteiger partial charge in [0.15, 0.2) is 0 Å². The third-order valence-electron chi connectivity index (χ3n) is 2.43. The zero-order valence-electron chi connectivity index (χ0n) is 9.65. The van der Waals surface area contributed by atoms with Gasteiger partial charge in [0.05, 0.1) is 0 Å². The number of benzene rings is 1. The summed E-state index contributed by atoms with van der Waals surface area (Å²) < 4.78 is 0. The summed E-state index contributed by atoms with van der Waals surface area (Å²) in [6.07, 6.45) is 3.80. The first-order valence-electron chi connectivity index (χ1n) is 5.63. The van der Waals surface area contributed by atoms with Gasteiger partial charge in [-0.2, -0.15) is 0 Å². The first-order chi connectivity index (χ1) is 8.29. The van der Waals surface area contributed by atoms with E-state index in [-0.39, 0.29) is 5.28 Å². The van der Waals surface area contributed by atoms with Crippen molar-refractivity contribution in [3.8, 4) is 0 Å². The summed E-state index contributed by atoms with van der Waals surface area (Å²) in [5, 5.41) is 3.52. The highest BCUT2D eigenvalue weighted by molar-refractivity contribution is 6.28. The van der Waals surface area contributed by atoms with Crippen molar-refractivity contribution in [1.29, 1.82) is 0 Å². The molecule has 0 aliphatic heterocycles. The normalized spacial score (nSPS) is 10.2. The Labute approximate surface area is 106 Å². The third-order valence-corrected chi connectivity index (χ3v) is 2.61. The Morgan fingerprint density at radius 2 is 2.06 bits per heavy atom. The molecule has 0 spiro atoms. The summed E-state index contributed by atoms with van der Waals surface area (Å²) in [7, 11) is 0. The number of hydrogen-bond donors (Lipinski definition) is 1. The van der Waals surface area contributed by atoms with Gasteiger partial charge in [-0.25, -0.2) is 9.97 Å². The molecule has 3 nitrogen and oxygen atoms in total. The lowest BCUT2D eigenvalue weighted by atomic mass is 10.1. The monoisotopic (exact) mass is 247 g/mol. The molecule has 88 valence electrons. The van der Waals surface area contributed by atoms with Crippen LogP contribution in [0.25, 0.3) is 0 Å². The topological polar surface area (TPSA) is 37.8 Å². The lowest BCUT2D eigenvalue weighted by Gasteiger charge is -2.10. The van der Waals surface area contributed by atoms with Gasteiger partial charge in [0, 0.05) is 11.9 Å². The molecule has 1 heterocycles. The van der Waals surface area contributed by atoms with Crippen LogP contribution in [0, 0.1) is 0 Å². The second-order valence-electron chi connectivity index (χ2n) is 3.74. The molecule has 1 N–H and O–H groups in total. The van der Waals surface area contributed by atoms with Crippen molar-refractivity contribution in [2.75, 3.05) is 5.32 Å². The molecule has 2 rings (SSSR count). The Hall–Kier alpha value is -1.61. The molecule has 0 amide bonds. The van der Waals surface area contributed by atoms with Gasteiger partial charge in [0.2, 0.25) is 5.28 Å². The molecular formula is C13H14ClN3. The van der Waals surface area contributed by atoms with Crippen LogP contribution in [0.15, 0.2) is 36.5 Å². The number of anilines is 2. The van der Waals surface area contributed by atoms with E-state index in [1.807, 2.05) is 18.2 Å². The summed E-state index contributed by atoms with van der Waals surface area (Å²) in [5.74, 6) is 0.716. The van der Waals surface area contributed by atoms with Crippen LogP contribution in [0.1, 0.15) is 18.9 Å². The van der Waals surface area contributed by atoms with Crippen LogP contribution in [0.3, 0.4) is 0 Å². The third kappa shape index (κ3) is 3.17. The molecule has 0 aliphatic carbocycles. The van der Waals surface area contributed by atoms with E-state index in [1.165, 1.54) is 5.56 Å². The second kappa shape index (κ2) is 5.64. The van der Waals surface area contributed by atoms with Crippen molar-refractivity contribution < 1.29 is 0 Å². The highest BCUT2D eigenvalue weighted by Crippen LogP contribution is 2.21. The number of aryl methyl sites for hydroxylation is 1. The number of rotatable bonds is 4. The molecule has 4 heteroatoms. The average Bonchev–Trinajstić information content (AvgIpc) is 2.32. The number of para-hydroxylation sites is 1. The van der Waals surface area contributed by atoms with E-state index in [0.717, 1.165) is 18.5 Å². The molecular weight excluding hydrogens is 234 g/mol. The average molecular weight is 248 g/mol. The predicted molar refractivity (Wildman–Crippen MR) is 70.8 cm³/mol. The van der Waals surface area contributed by atoms with E-state index < -0.39 is 0 Å². The van der Waals surface area contributed by atoms with Gasteiger partial charge < -0.3 is 5.32 Å². The van der Waals surface area contributed by atoms with Crippen LogP contribution in [-0.4, -0.2) is 9.97 Å². The SMILES string of the molecule is CCCc1ccccc1Nc1ccnc(Cl)n1. The maximum Gasteiger partial charge on any atom is 0.224 e. The van der Waals surface area contributed by atoms with Gasteiger partial charge in [-0.15, -0.1) is 0 Å². The van der Waals surface area contributed by atoms with Crippen molar-refractivity contribution in [1.82, 2.24) is 9.97 Å². The Morgan fingerprint density at radius 3 is 2.82 bits per heavy atom. The van der Waals surface area contributed by atoms with E-state index in [9.17, 15) is 0 Å². The smallest absolute Gasteiger partial charge is 0.224 e. The quantitative estimate of drug-likeness (QED) is 0.835. The molecule has 2 aromatic rings. The molecule has 0 unspecified atom stereocenters. The lowest BCUT2D eigenvalue weighted by Crippen LogP contribution is -1.98. The number of nitrogens with zero attached hydrogens (tertiary/aromatic N) is 2. The highest BCUT2D eigenvalue weighted by Gasteiger charge is 2.02. The first kappa shape index (κ1) is 11.9. The lowest BCUT2D eigenvalue weighted by molar-refractivity contribution is 0.923. The molecule has 0 radical (unpaired) electrons. The van der Waals surface area contributed by atoms with Crippen LogP contribution < -0.4 is 5.32 Å². The zero-order valence-corrected chi connectivity index (χ0v) is 10.4. The van der Waals surface area contributed by atoms with Gasteiger partial charge in [0.25, 0.3) is 0 Å². The van der Waals surface area contributed by atoms with Crippen molar-refractivity contribution in [2.45, 2.75) is 19.8 Å². The van der Waals surface area contributed by atoms with Gasteiger partial charge in [0.1, 0.15) is 5.82 Å². The zero-order chi connectivity index (χ0) is 12.1. The largest absolute Gasteiger partial charge is 0.340 e. The van der Waals surface area contributed by atoms with E-state index >= 15 is 0 Å². The maximum atomic E-state index is 5.75. The number of halogens is 1. The van der Waals surface area contributed by atoms with Crippen LogP contribution in [0.2, 0.25) is 5.28 Å². The van der Waals surface area contributed by atoms with Gasteiger partial charge in [-0.3, -0.25) is 0 Å². The summed E-state index contributed by atoms with van der Waals surface area (Å²) in [6, 6.07) is 10.0. The second-order valence-corrected chi connectivity index (χ2v) is 4.08.